The molecule has 4 aliphatic rings. The second-order valence-electron chi connectivity index (χ2n) is 5.77. The van der Waals surface area contributed by atoms with Crippen LogP contribution in [-0.4, -0.2) is 29.4 Å². The Hall–Kier alpha value is -0.570. The lowest BCUT2D eigenvalue weighted by Gasteiger charge is -2.55. The maximum absolute atomic E-state index is 12.3. The molecule has 1 amide bonds. The van der Waals surface area contributed by atoms with Gasteiger partial charge < -0.3 is 10.6 Å². The van der Waals surface area contributed by atoms with Crippen molar-refractivity contribution in [1.82, 2.24) is 4.90 Å². The molecule has 2 saturated carbocycles. The minimum absolute atomic E-state index is 0.356. The third-order valence-corrected chi connectivity index (χ3v) is 4.89. The molecule has 0 radical (unpaired) electrons. The molecule has 3 heteroatoms. The van der Waals surface area contributed by atoms with Crippen molar-refractivity contribution in [2.24, 2.45) is 17.6 Å². The molecule has 2 heterocycles. The lowest BCUT2D eigenvalue weighted by molar-refractivity contribution is -0.161. The maximum atomic E-state index is 12.3. The third-order valence-electron chi connectivity index (χ3n) is 4.89. The number of nitrogens with two attached hydrogens (primary N) is 1. The minimum Gasteiger partial charge on any atom is -0.335 e. The van der Waals surface area contributed by atoms with Crippen LogP contribution in [0.25, 0.3) is 0 Å². The van der Waals surface area contributed by atoms with Crippen molar-refractivity contribution >= 4 is 5.91 Å². The summed E-state index contributed by atoms with van der Waals surface area (Å²) < 4.78 is 0. The second-order valence-corrected chi connectivity index (χ2v) is 5.77. The SMILES string of the molecule is NCC1C2CC(C2)C(=O)N1C1CCCCC1. The van der Waals surface area contributed by atoms with Crippen LogP contribution >= 0.6 is 0 Å². The molecule has 2 aliphatic carbocycles. The van der Waals surface area contributed by atoms with Crippen molar-refractivity contribution in [1.29, 1.82) is 0 Å². The summed E-state index contributed by atoms with van der Waals surface area (Å²) in [6.45, 7) is 0.666. The monoisotopic (exact) mass is 222 g/mol. The number of carbonyl (C=O) groups excluding carboxylic acids is 1. The van der Waals surface area contributed by atoms with E-state index in [4.69, 9.17) is 5.73 Å². The van der Waals surface area contributed by atoms with Gasteiger partial charge in [0.1, 0.15) is 0 Å². The molecule has 3 nitrogen and oxygen atoms in total. The van der Waals surface area contributed by atoms with Crippen LogP contribution in [0, 0.1) is 11.8 Å². The van der Waals surface area contributed by atoms with E-state index in [1.54, 1.807) is 0 Å². The molecule has 4 fully saturated rings. The first kappa shape index (κ1) is 10.6. The molecular formula is C13H22N2O. The number of rotatable bonds is 2. The summed E-state index contributed by atoms with van der Waals surface area (Å²) >= 11 is 0. The Bertz CT molecular complexity index is 280. The Labute approximate surface area is 97.4 Å². The number of hydrogen-bond donors (Lipinski definition) is 1. The van der Waals surface area contributed by atoms with Crippen LogP contribution in [0.4, 0.5) is 0 Å². The highest BCUT2D eigenvalue weighted by molar-refractivity contribution is 5.82. The van der Waals surface area contributed by atoms with E-state index >= 15 is 0 Å². The molecule has 2 bridgehead atoms. The van der Waals surface area contributed by atoms with Gasteiger partial charge in [0.25, 0.3) is 0 Å². The highest BCUT2D eigenvalue weighted by Crippen LogP contribution is 2.46. The lowest BCUT2D eigenvalue weighted by Crippen LogP contribution is -2.64. The first-order valence-electron chi connectivity index (χ1n) is 6.83. The number of fused-ring (bicyclic) bond motifs is 2. The molecule has 4 rings (SSSR count). The van der Waals surface area contributed by atoms with Gasteiger partial charge in [-0.15, -0.1) is 0 Å². The Balaban J connectivity index is 1.77. The predicted octanol–water partition coefficient (Wildman–Crippen LogP) is 1.51. The maximum Gasteiger partial charge on any atom is 0.226 e. The van der Waals surface area contributed by atoms with Crippen LogP contribution in [0.1, 0.15) is 44.9 Å². The summed E-state index contributed by atoms with van der Waals surface area (Å²) in [5, 5.41) is 0. The zero-order valence-corrected chi connectivity index (χ0v) is 9.90. The first-order valence-corrected chi connectivity index (χ1v) is 6.83. The van der Waals surface area contributed by atoms with E-state index in [-0.39, 0.29) is 0 Å². The largest absolute Gasteiger partial charge is 0.335 e. The van der Waals surface area contributed by atoms with Gasteiger partial charge in [-0.1, -0.05) is 19.3 Å². The van der Waals surface area contributed by atoms with Crippen LogP contribution < -0.4 is 5.73 Å². The molecule has 1 atom stereocenters. The van der Waals surface area contributed by atoms with Crippen molar-refractivity contribution < 1.29 is 4.79 Å². The Morgan fingerprint density at radius 1 is 1.19 bits per heavy atom. The second kappa shape index (κ2) is 4.02. The van der Waals surface area contributed by atoms with E-state index in [1.165, 1.54) is 32.1 Å². The van der Waals surface area contributed by atoms with Gasteiger partial charge in [-0.3, -0.25) is 4.79 Å². The van der Waals surface area contributed by atoms with Crippen molar-refractivity contribution in [3.8, 4) is 0 Å². The molecule has 0 aromatic rings. The number of hydrogen-bond acceptors (Lipinski definition) is 2. The van der Waals surface area contributed by atoms with E-state index in [0.29, 0.717) is 30.5 Å². The zero-order chi connectivity index (χ0) is 11.1. The molecule has 0 spiro atoms. The van der Waals surface area contributed by atoms with E-state index in [0.717, 1.165) is 18.8 Å². The number of carbonyl (C=O) groups is 1. The summed E-state index contributed by atoms with van der Waals surface area (Å²) in [6.07, 6.45) is 8.58. The number of nitrogens with zero attached hydrogens (tertiary/aromatic N) is 1. The highest BCUT2D eigenvalue weighted by Gasteiger charge is 2.51. The average Bonchev–Trinajstić information content (AvgIpc) is 2.27. The standard InChI is InChI=1S/C13H22N2O/c14-8-12-9-6-10(7-9)13(16)15(12)11-4-2-1-3-5-11/h9-12H,1-8,14H2. The van der Waals surface area contributed by atoms with Gasteiger partial charge in [-0.25, -0.2) is 0 Å². The lowest BCUT2D eigenvalue weighted by atomic mass is 9.65. The summed E-state index contributed by atoms with van der Waals surface area (Å²) in [5.74, 6) is 1.49. The van der Waals surface area contributed by atoms with E-state index in [1.807, 2.05) is 0 Å². The minimum atomic E-state index is 0.356. The summed E-state index contributed by atoms with van der Waals surface area (Å²) in [7, 11) is 0. The van der Waals surface area contributed by atoms with Crippen LogP contribution in [0.5, 0.6) is 0 Å². The molecule has 90 valence electrons. The van der Waals surface area contributed by atoms with Gasteiger partial charge in [-0.2, -0.15) is 0 Å². The van der Waals surface area contributed by atoms with Crippen LogP contribution in [0.2, 0.25) is 0 Å². The van der Waals surface area contributed by atoms with E-state index in [9.17, 15) is 4.79 Å². The van der Waals surface area contributed by atoms with E-state index in [2.05, 4.69) is 4.90 Å². The Morgan fingerprint density at radius 3 is 2.50 bits per heavy atom. The molecule has 2 N–H and O–H groups in total. The van der Waals surface area contributed by atoms with Crippen LogP contribution in [0.3, 0.4) is 0 Å². The predicted molar refractivity (Wildman–Crippen MR) is 62.8 cm³/mol. The van der Waals surface area contributed by atoms with Gasteiger partial charge in [0.05, 0.1) is 0 Å². The van der Waals surface area contributed by atoms with E-state index < -0.39 is 0 Å². The normalized spacial score (nSPS) is 39.7. The molecule has 0 aromatic carbocycles. The fourth-order valence-electron chi connectivity index (χ4n) is 3.89. The molecule has 2 aliphatic heterocycles. The van der Waals surface area contributed by atoms with Crippen molar-refractivity contribution in [3.63, 3.8) is 0 Å². The molecular weight excluding hydrogens is 200 g/mol. The molecule has 0 aromatic heterocycles. The fourth-order valence-corrected chi connectivity index (χ4v) is 3.89. The van der Waals surface area contributed by atoms with Gasteiger partial charge >= 0.3 is 0 Å². The fraction of sp³-hybridized carbons (Fsp3) is 0.923. The Morgan fingerprint density at radius 2 is 1.88 bits per heavy atom. The van der Waals surface area contributed by atoms with Gasteiger partial charge in [0.15, 0.2) is 0 Å². The van der Waals surface area contributed by atoms with Crippen molar-refractivity contribution in [3.05, 3.63) is 0 Å². The van der Waals surface area contributed by atoms with Crippen molar-refractivity contribution in [2.45, 2.75) is 57.0 Å². The van der Waals surface area contributed by atoms with Gasteiger partial charge in [0.2, 0.25) is 5.91 Å². The molecule has 1 unspecified atom stereocenters. The summed E-state index contributed by atoms with van der Waals surface area (Å²) in [5.41, 5.74) is 5.88. The Kier molecular flexibility index (Phi) is 2.66. The smallest absolute Gasteiger partial charge is 0.226 e. The van der Waals surface area contributed by atoms with Crippen LogP contribution in [-0.2, 0) is 4.79 Å². The van der Waals surface area contributed by atoms with Gasteiger partial charge in [0, 0.05) is 24.5 Å². The molecule has 16 heavy (non-hydrogen) atoms. The number of amides is 1. The third kappa shape index (κ3) is 1.48. The average molecular weight is 222 g/mol. The summed E-state index contributed by atoms with van der Waals surface area (Å²) in [4.78, 5) is 14.5. The van der Waals surface area contributed by atoms with Gasteiger partial charge in [-0.05, 0) is 31.6 Å². The quantitative estimate of drug-likeness (QED) is 0.770. The van der Waals surface area contributed by atoms with Crippen molar-refractivity contribution in [2.75, 3.05) is 6.54 Å². The number of piperidine rings is 2. The highest BCUT2D eigenvalue weighted by atomic mass is 16.2. The van der Waals surface area contributed by atoms with Crippen LogP contribution in [0.15, 0.2) is 0 Å². The first-order chi connectivity index (χ1) is 7.81. The topological polar surface area (TPSA) is 46.3 Å². The summed E-state index contributed by atoms with van der Waals surface area (Å²) in [6, 6.07) is 0.876. The zero-order valence-electron chi connectivity index (χ0n) is 9.90. The molecule has 2 saturated heterocycles.